The third-order valence-corrected chi connectivity index (χ3v) is 2.91. The molecule has 0 radical (unpaired) electrons. The van der Waals surface area contributed by atoms with Crippen LogP contribution in [0.2, 0.25) is 0 Å². The highest BCUT2D eigenvalue weighted by molar-refractivity contribution is 5.44. The third-order valence-electron chi connectivity index (χ3n) is 2.91. The normalized spacial score (nSPS) is 11.9. The molecule has 0 aliphatic carbocycles. The van der Waals surface area contributed by atoms with Crippen molar-refractivity contribution in [2.75, 3.05) is 17.7 Å². The molecule has 1 heterocycles. The average Bonchev–Trinajstić information content (AvgIpc) is 2.39. The molecule has 0 fully saturated rings. The largest absolute Gasteiger partial charge is 0.478 e. The van der Waals surface area contributed by atoms with E-state index in [1.807, 2.05) is 44.2 Å². The van der Waals surface area contributed by atoms with Crippen LogP contribution in [-0.4, -0.2) is 16.6 Å². The predicted molar refractivity (Wildman–Crippen MR) is 80.8 cm³/mol. The van der Waals surface area contributed by atoms with Gasteiger partial charge in [-0.2, -0.15) is 4.98 Å². The summed E-state index contributed by atoms with van der Waals surface area (Å²) < 4.78 is 5.42. The van der Waals surface area contributed by atoms with Crippen LogP contribution in [0.25, 0.3) is 0 Å². The van der Waals surface area contributed by atoms with Gasteiger partial charge < -0.3 is 15.8 Å². The topological polar surface area (TPSA) is 73.1 Å². The number of hydrogen-bond donors (Lipinski definition) is 2. The van der Waals surface area contributed by atoms with Crippen LogP contribution in [0.15, 0.2) is 30.3 Å². The van der Waals surface area contributed by atoms with Gasteiger partial charge in [0.25, 0.3) is 0 Å². The second-order valence-electron chi connectivity index (χ2n) is 4.60. The Kier molecular flexibility index (Phi) is 4.40. The highest BCUT2D eigenvalue weighted by Crippen LogP contribution is 2.21. The zero-order valence-electron chi connectivity index (χ0n) is 12.1. The number of hydrogen-bond acceptors (Lipinski definition) is 5. The van der Waals surface area contributed by atoms with Crippen molar-refractivity contribution >= 4 is 11.5 Å². The number of nitrogen functional groups attached to an aromatic ring is 1. The Morgan fingerprint density at radius 2 is 1.95 bits per heavy atom. The lowest BCUT2D eigenvalue weighted by molar-refractivity contribution is 0.325. The van der Waals surface area contributed by atoms with E-state index in [9.17, 15) is 0 Å². The number of nitrogens with zero attached hydrogens (tertiary/aromatic N) is 2. The first-order valence-electron chi connectivity index (χ1n) is 6.69. The van der Waals surface area contributed by atoms with E-state index in [1.165, 1.54) is 0 Å². The van der Waals surface area contributed by atoms with Gasteiger partial charge in [0.2, 0.25) is 5.88 Å². The van der Waals surface area contributed by atoms with Gasteiger partial charge in [0.1, 0.15) is 11.6 Å². The third kappa shape index (κ3) is 3.60. The fourth-order valence-electron chi connectivity index (χ4n) is 1.93. The lowest BCUT2D eigenvalue weighted by Gasteiger charge is -2.16. The lowest BCUT2D eigenvalue weighted by atomic mass is 10.1. The van der Waals surface area contributed by atoms with Gasteiger partial charge in [0.05, 0.1) is 6.61 Å². The molecule has 1 atom stereocenters. The smallest absolute Gasteiger partial charge is 0.218 e. The van der Waals surface area contributed by atoms with Crippen molar-refractivity contribution in [1.82, 2.24) is 9.97 Å². The van der Waals surface area contributed by atoms with Gasteiger partial charge in [0, 0.05) is 17.8 Å². The minimum atomic E-state index is 0.124. The molecule has 0 aliphatic rings. The summed E-state index contributed by atoms with van der Waals surface area (Å²) in [4.78, 5) is 8.60. The van der Waals surface area contributed by atoms with E-state index in [0.29, 0.717) is 18.3 Å². The molecule has 5 heteroatoms. The van der Waals surface area contributed by atoms with Gasteiger partial charge in [-0.25, -0.2) is 4.98 Å². The molecule has 1 unspecified atom stereocenters. The first-order chi connectivity index (χ1) is 9.58. The monoisotopic (exact) mass is 272 g/mol. The maximum Gasteiger partial charge on any atom is 0.218 e. The average molecular weight is 272 g/mol. The summed E-state index contributed by atoms with van der Waals surface area (Å²) >= 11 is 0. The van der Waals surface area contributed by atoms with Crippen molar-refractivity contribution in [3.8, 4) is 5.88 Å². The van der Waals surface area contributed by atoms with Gasteiger partial charge in [-0.1, -0.05) is 12.1 Å². The van der Waals surface area contributed by atoms with Crippen LogP contribution in [-0.2, 0) is 0 Å². The Hall–Kier alpha value is -2.30. The van der Waals surface area contributed by atoms with Gasteiger partial charge >= 0.3 is 0 Å². The van der Waals surface area contributed by atoms with Crippen molar-refractivity contribution < 1.29 is 4.74 Å². The molecule has 0 saturated carbocycles. The number of anilines is 2. The van der Waals surface area contributed by atoms with Crippen LogP contribution >= 0.6 is 0 Å². The van der Waals surface area contributed by atoms with Crippen LogP contribution in [0.5, 0.6) is 5.88 Å². The minimum absolute atomic E-state index is 0.124. The number of aromatic nitrogens is 2. The Morgan fingerprint density at radius 1 is 1.25 bits per heavy atom. The first kappa shape index (κ1) is 14.1. The zero-order chi connectivity index (χ0) is 14.5. The molecule has 0 aliphatic heterocycles. The van der Waals surface area contributed by atoms with Crippen LogP contribution in [0.1, 0.15) is 31.3 Å². The molecule has 106 valence electrons. The minimum Gasteiger partial charge on any atom is -0.478 e. The van der Waals surface area contributed by atoms with Crippen LogP contribution in [0.3, 0.4) is 0 Å². The van der Waals surface area contributed by atoms with E-state index in [0.717, 1.165) is 17.1 Å². The second kappa shape index (κ2) is 6.23. The molecule has 20 heavy (non-hydrogen) atoms. The molecule has 1 aromatic carbocycles. The first-order valence-corrected chi connectivity index (χ1v) is 6.69. The van der Waals surface area contributed by atoms with Crippen LogP contribution < -0.4 is 15.8 Å². The van der Waals surface area contributed by atoms with Gasteiger partial charge in [-0.15, -0.1) is 0 Å². The van der Waals surface area contributed by atoms with Crippen LogP contribution in [0, 0.1) is 6.92 Å². The van der Waals surface area contributed by atoms with E-state index >= 15 is 0 Å². The van der Waals surface area contributed by atoms with Gasteiger partial charge in [-0.3, -0.25) is 0 Å². The Labute approximate surface area is 119 Å². The van der Waals surface area contributed by atoms with Crippen LogP contribution in [0.4, 0.5) is 11.5 Å². The number of nitrogens with one attached hydrogen (secondary N) is 1. The summed E-state index contributed by atoms with van der Waals surface area (Å²) in [5, 5.41) is 3.35. The van der Waals surface area contributed by atoms with E-state index in [4.69, 9.17) is 10.5 Å². The number of nitrogens with two attached hydrogens (primary N) is 1. The maximum atomic E-state index is 5.69. The van der Waals surface area contributed by atoms with Crippen molar-refractivity contribution in [2.24, 2.45) is 0 Å². The number of rotatable bonds is 5. The summed E-state index contributed by atoms with van der Waals surface area (Å²) in [6.07, 6.45) is 0. The molecule has 3 N–H and O–H groups in total. The van der Waals surface area contributed by atoms with Gasteiger partial charge in [-0.05, 0) is 38.5 Å². The fourth-order valence-corrected chi connectivity index (χ4v) is 1.93. The highest BCUT2D eigenvalue weighted by Gasteiger charge is 2.08. The Balaban J connectivity index is 2.14. The highest BCUT2D eigenvalue weighted by atomic mass is 16.5. The number of benzene rings is 1. The van der Waals surface area contributed by atoms with E-state index < -0.39 is 0 Å². The quantitative estimate of drug-likeness (QED) is 0.819. The number of aryl methyl sites for hydroxylation is 1. The summed E-state index contributed by atoms with van der Waals surface area (Å²) in [5.74, 6) is 2.03. The van der Waals surface area contributed by atoms with Gasteiger partial charge in [0.15, 0.2) is 0 Å². The van der Waals surface area contributed by atoms with Crippen molar-refractivity contribution in [3.05, 3.63) is 41.7 Å². The van der Waals surface area contributed by atoms with Crippen molar-refractivity contribution in [1.29, 1.82) is 0 Å². The summed E-state index contributed by atoms with van der Waals surface area (Å²) in [6, 6.07) is 9.73. The Bertz CT molecular complexity index is 569. The fraction of sp³-hybridized carbons (Fsp3) is 0.333. The molecule has 0 spiro atoms. The SMILES string of the molecule is CCOc1cc(NC(C)c2ccc(N)cc2)nc(C)n1. The lowest BCUT2D eigenvalue weighted by Crippen LogP contribution is -2.09. The maximum absolute atomic E-state index is 5.69. The Morgan fingerprint density at radius 3 is 2.60 bits per heavy atom. The zero-order valence-corrected chi connectivity index (χ0v) is 12.1. The molecule has 0 bridgehead atoms. The predicted octanol–water partition coefficient (Wildman–Crippen LogP) is 2.94. The summed E-state index contributed by atoms with van der Waals surface area (Å²) in [7, 11) is 0. The van der Waals surface area contributed by atoms with E-state index in [-0.39, 0.29) is 6.04 Å². The molecule has 5 nitrogen and oxygen atoms in total. The van der Waals surface area contributed by atoms with Crippen molar-refractivity contribution in [2.45, 2.75) is 26.8 Å². The molecular weight excluding hydrogens is 252 g/mol. The molecule has 1 aromatic heterocycles. The number of ether oxygens (including phenoxy) is 1. The molecule has 2 aromatic rings. The van der Waals surface area contributed by atoms with E-state index in [1.54, 1.807) is 0 Å². The second-order valence-corrected chi connectivity index (χ2v) is 4.60. The summed E-state index contributed by atoms with van der Waals surface area (Å²) in [6.45, 7) is 6.44. The molecular formula is C15H20N4O. The summed E-state index contributed by atoms with van der Waals surface area (Å²) in [5.41, 5.74) is 7.60. The van der Waals surface area contributed by atoms with E-state index in [2.05, 4.69) is 22.2 Å². The molecule has 2 rings (SSSR count). The standard InChI is InChI=1S/C15H20N4O/c1-4-20-15-9-14(18-11(3)19-15)17-10(2)12-5-7-13(16)8-6-12/h5-10H,4,16H2,1-3H3,(H,17,18,19). The molecule has 0 saturated heterocycles. The molecule has 0 amide bonds. The van der Waals surface area contributed by atoms with Crippen molar-refractivity contribution in [3.63, 3.8) is 0 Å².